The van der Waals surface area contributed by atoms with E-state index >= 15 is 0 Å². The third kappa shape index (κ3) is 4.59. The van der Waals surface area contributed by atoms with E-state index in [1.807, 2.05) is 23.1 Å². The van der Waals surface area contributed by atoms with Gasteiger partial charge in [-0.1, -0.05) is 36.4 Å². The number of aromatic nitrogens is 2. The molecule has 3 aliphatic rings. The SMILES string of the molecule is O=C1NC(=O)/C(=C/c2cc(Oc3ccccc3)nc(N3CC4(C3)CN(S(=O)(=O)c3ccccc3)C4)n2)S1. The summed E-state index contributed by atoms with van der Waals surface area (Å²) in [6, 6.07) is 19.2. The molecule has 3 fully saturated rings. The maximum absolute atomic E-state index is 12.9. The van der Waals surface area contributed by atoms with Crippen molar-refractivity contribution < 1.29 is 22.7 Å². The highest BCUT2D eigenvalue weighted by Gasteiger charge is 2.56. The van der Waals surface area contributed by atoms with Gasteiger partial charge < -0.3 is 9.64 Å². The molecule has 3 aromatic rings. The molecule has 0 unspecified atom stereocenters. The molecule has 188 valence electrons. The quantitative estimate of drug-likeness (QED) is 0.475. The molecule has 12 heteroatoms. The van der Waals surface area contributed by atoms with Gasteiger partial charge in [0.1, 0.15) is 5.75 Å². The fourth-order valence-corrected chi connectivity index (χ4v) is 6.93. The van der Waals surface area contributed by atoms with Crippen LogP contribution in [0.25, 0.3) is 6.08 Å². The zero-order valence-corrected chi connectivity index (χ0v) is 21.0. The Balaban J connectivity index is 1.21. The number of anilines is 1. The van der Waals surface area contributed by atoms with Gasteiger partial charge in [-0.2, -0.15) is 9.29 Å². The van der Waals surface area contributed by atoms with Gasteiger partial charge in [-0.15, -0.1) is 0 Å². The number of carbonyl (C=O) groups is 2. The highest BCUT2D eigenvalue weighted by molar-refractivity contribution is 8.18. The lowest BCUT2D eigenvalue weighted by Gasteiger charge is -2.59. The third-order valence-corrected chi connectivity index (χ3v) is 8.95. The molecule has 3 saturated heterocycles. The molecule has 1 N–H and O–H groups in total. The molecule has 37 heavy (non-hydrogen) atoms. The Hall–Kier alpha value is -3.74. The summed E-state index contributed by atoms with van der Waals surface area (Å²) >= 11 is 0.810. The van der Waals surface area contributed by atoms with Crippen LogP contribution in [0, 0.1) is 5.41 Å². The Bertz CT molecular complexity index is 1520. The van der Waals surface area contributed by atoms with Crippen molar-refractivity contribution in [3.05, 3.63) is 77.3 Å². The fraction of sp³-hybridized carbons (Fsp3) is 0.200. The monoisotopic (exact) mass is 535 g/mol. The molecule has 2 amide bonds. The Kier molecular flexibility index (Phi) is 5.74. The van der Waals surface area contributed by atoms with Crippen molar-refractivity contribution in [3.8, 4) is 11.6 Å². The van der Waals surface area contributed by atoms with Crippen LogP contribution in [0.2, 0.25) is 0 Å². The Labute approximate surface area is 217 Å². The number of para-hydroxylation sites is 1. The molecule has 10 nitrogen and oxygen atoms in total. The molecular formula is C25H21N5O5S2. The van der Waals surface area contributed by atoms with Gasteiger partial charge >= 0.3 is 0 Å². The number of imide groups is 1. The van der Waals surface area contributed by atoms with Crippen LogP contribution >= 0.6 is 11.8 Å². The first-order valence-corrected chi connectivity index (χ1v) is 13.7. The van der Waals surface area contributed by atoms with E-state index in [1.54, 1.807) is 48.5 Å². The maximum Gasteiger partial charge on any atom is 0.290 e. The van der Waals surface area contributed by atoms with Gasteiger partial charge in [-0.3, -0.25) is 14.9 Å². The third-order valence-electron chi connectivity index (χ3n) is 6.34. The van der Waals surface area contributed by atoms with Crippen LogP contribution in [-0.4, -0.2) is 60.0 Å². The average Bonchev–Trinajstić information content (AvgIpc) is 3.14. The molecule has 0 bridgehead atoms. The summed E-state index contributed by atoms with van der Waals surface area (Å²) in [5, 5.41) is 1.80. The van der Waals surface area contributed by atoms with Crippen molar-refractivity contribution in [2.45, 2.75) is 4.90 Å². The van der Waals surface area contributed by atoms with Crippen LogP contribution in [0.1, 0.15) is 5.69 Å². The second-order valence-electron chi connectivity index (χ2n) is 9.14. The molecule has 4 heterocycles. The summed E-state index contributed by atoms with van der Waals surface area (Å²) in [6.07, 6.45) is 1.53. The number of sulfonamides is 1. The molecule has 0 saturated carbocycles. The van der Waals surface area contributed by atoms with Crippen molar-refractivity contribution in [1.29, 1.82) is 0 Å². The lowest BCUT2D eigenvalue weighted by molar-refractivity contribution is -0.115. The van der Waals surface area contributed by atoms with Crippen molar-refractivity contribution >= 4 is 45.0 Å². The Morgan fingerprint density at radius 2 is 1.62 bits per heavy atom. The topological polar surface area (TPSA) is 122 Å². The van der Waals surface area contributed by atoms with Gasteiger partial charge in [0.05, 0.1) is 15.5 Å². The first-order chi connectivity index (χ1) is 17.8. The lowest BCUT2D eigenvalue weighted by Crippen LogP contribution is -2.73. The van der Waals surface area contributed by atoms with Crippen molar-refractivity contribution in [2.75, 3.05) is 31.1 Å². The largest absolute Gasteiger partial charge is 0.439 e. The number of ether oxygens (including phenoxy) is 1. The van der Waals surface area contributed by atoms with E-state index in [0.29, 0.717) is 54.3 Å². The first kappa shape index (κ1) is 23.6. The number of hydrogen-bond acceptors (Lipinski definition) is 9. The van der Waals surface area contributed by atoms with Gasteiger partial charge in [0.2, 0.25) is 21.9 Å². The predicted molar refractivity (Wildman–Crippen MR) is 138 cm³/mol. The smallest absolute Gasteiger partial charge is 0.290 e. The molecule has 6 rings (SSSR count). The molecule has 1 spiro atoms. The minimum atomic E-state index is -3.51. The van der Waals surface area contributed by atoms with E-state index in [2.05, 4.69) is 15.3 Å². The van der Waals surface area contributed by atoms with Crippen molar-refractivity contribution in [3.63, 3.8) is 0 Å². The normalized spacial score (nSPS) is 20.0. The standard InChI is InChI=1S/C25H21N5O5S2/c31-22-20(36-24(32)28-22)11-17-12-21(35-18-7-3-1-4-8-18)27-23(26-17)29-13-25(14-29)15-30(16-25)37(33,34)19-9-5-2-6-10-19/h1-12H,13-16H2,(H,28,31,32)/b20-11-. The van der Waals surface area contributed by atoms with Crippen molar-refractivity contribution in [1.82, 2.24) is 19.6 Å². The highest BCUT2D eigenvalue weighted by Crippen LogP contribution is 2.43. The van der Waals surface area contributed by atoms with Crippen LogP contribution in [0.3, 0.4) is 0 Å². The van der Waals surface area contributed by atoms with Crippen LogP contribution in [-0.2, 0) is 14.8 Å². The van der Waals surface area contributed by atoms with Crippen LogP contribution < -0.4 is 15.0 Å². The van der Waals surface area contributed by atoms with E-state index < -0.39 is 21.2 Å². The number of amides is 2. The van der Waals surface area contributed by atoms with Crippen LogP contribution in [0.15, 0.2) is 76.5 Å². The number of nitrogens with one attached hydrogen (secondary N) is 1. The number of nitrogens with zero attached hydrogens (tertiary/aromatic N) is 4. The van der Waals surface area contributed by atoms with Crippen LogP contribution in [0.4, 0.5) is 10.7 Å². The molecular weight excluding hydrogens is 514 g/mol. The highest BCUT2D eigenvalue weighted by atomic mass is 32.2. The zero-order chi connectivity index (χ0) is 25.6. The zero-order valence-electron chi connectivity index (χ0n) is 19.4. The molecule has 0 radical (unpaired) electrons. The second-order valence-corrected chi connectivity index (χ2v) is 12.1. The van der Waals surface area contributed by atoms with Crippen molar-refractivity contribution in [2.24, 2.45) is 5.41 Å². The number of benzene rings is 2. The first-order valence-electron chi connectivity index (χ1n) is 11.5. The molecule has 1 aromatic heterocycles. The molecule has 3 aliphatic heterocycles. The predicted octanol–water partition coefficient (Wildman–Crippen LogP) is 3.10. The Morgan fingerprint density at radius 3 is 2.27 bits per heavy atom. The van der Waals surface area contributed by atoms with Gasteiger partial charge in [0.25, 0.3) is 11.1 Å². The minimum absolute atomic E-state index is 0.159. The van der Waals surface area contributed by atoms with E-state index in [-0.39, 0.29) is 10.3 Å². The van der Waals surface area contributed by atoms with Gasteiger partial charge in [-0.25, -0.2) is 13.4 Å². The summed E-state index contributed by atoms with van der Waals surface area (Å²) in [7, 11) is -3.51. The second kappa shape index (κ2) is 8.98. The maximum atomic E-state index is 12.9. The lowest BCUT2D eigenvalue weighted by atomic mass is 9.74. The van der Waals surface area contributed by atoms with Gasteiger partial charge in [-0.05, 0) is 42.1 Å². The number of rotatable bonds is 6. The molecule has 0 atom stereocenters. The van der Waals surface area contributed by atoms with Gasteiger partial charge in [0, 0.05) is 37.7 Å². The van der Waals surface area contributed by atoms with E-state index in [0.717, 1.165) is 11.8 Å². The average molecular weight is 536 g/mol. The summed E-state index contributed by atoms with van der Waals surface area (Å²) < 4.78 is 33.2. The minimum Gasteiger partial charge on any atom is -0.439 e. The van der Waals surface area contributed by atoms with Crippen LogP contribution in [0.5, 0.6) is 11.6 Å². The van der Waals surface area contributed by atoms with E-state index in [9.17, 15) is 18.0 Å². The number of thioether (sulfide) groups is 1. The molecule has 0 aliphatic carbocycles. The van der Waals surface area contributed by atoms with E-state index in [4.69, 9.17) is 4.74 Å². The number of carbonyl (C=O) groups excluding carboxylic acids is 2. The van der Waals surface area contributed by atoms with E-state index in [1.165, 1.54) is 10.4 Å². The fourth-order valence-electron chi connectivity index (χ4n) is 4.58. The Morgan fingerprint density at radius 1 is 0.946 bits per heavy atom. The summed E-state index contributed by atoms with van der Waals surface area (Å²) in [6.45, 7) is 2.03. The van der Waals surface area contributed by atoms with Gasteiger partial charge in [0.15, 0.2) is 0 Å². The summed E-state index contributed by atoms with van der Waals surface area (Å²) in [5.74, 6) is 0.818. The molecule has 2 aromatic carbocycles. The number of hydrogen-bond donors (Lipinski definition) is 1. The summed E-state index contributed by atoms with van der Waals surface area (Å²) in [5.41, 5.74) is 0.263. The summed E-state index contributed by atoms with van der Waals surface area (Å²) in [4.78, 5) is 35.2.